The number of hydrogen-bond donors (Lipinski definition) is 2. The van der Waals surface area contributed by atoms with E-state index < -0.39 is 0 Å². The van der Waals surface area contributed by atoms with E-state index in [4.69, 9.17) is 0 Å². The van der Waals surface area contributed by atoms with Gasteiger partial charge in [0.25, 0.3) is 0 Å². The summed E-state index contributed by atoms with van der Waals surface area (Å²) in [5, 5.41) is 7.04. The van der Waals surface area contributed by atoms with Crippen molar-refractivity contribution in [1.82, 2.24) is 5.32 Å². The third kappa shape index (κ3) is 3.49. The molecule has 2 rings (SSSR count). The van der Waals surface area contributed by atoms with Crippen LogP contribution in [0.25, 0.3) is 0 Å². The Hall–Kier alpha value is -0.540. The SMILES string of the molecule is Brc1ccccc1NCCC1CCCCN1. The maximum Gasteiger partial charge on any atom is 0.0484 e. The molecule has 1 atom stereocenters. The van der Waals surface area contributed by atoms with Gasteiger partial charge in [-0.15, -0.1) is 0 Å². The van der Waals surface area contributed by atoms with Crippen molar-refractivity contribution in [2.75, 3.05) is 18.4 Å². The minimum absolute atomic E-state index is 0.712. The smallest absolute Gasteiger partial charge is 0.0484 e. The number of benzene rings is 1. The molecule has 1 saturated heterocycles. The second kappa shape index (κ2) is 6.26. The standard InChI is InChI=1S/C13H19BrN2/c14-12-6-1-2-7-13(12)16-10-8-11-5-3-4-9-15-11/h1-2,6-7,11,15-16H,3-5,8-10H2. The predicted octanol–water partition coefficient (Wildman–Crippen LogP) is 3.39. The van der Waals surface area contributed by atoms with Gasteiger partial charge < -0.3 is 10.6 Å². The number of para-hydroxylation sites is 1. The second-order valence-electron chi connectivity index (χ2n) is 4.34. The first kappa shape index (κ1) is 11.9. The van der Waals surface area contributed by atoms with Gasteiger partial charge in [0, 0.05) is 22.7 Å². The summed E-state index contributed by atoms with van der Waals surface area (Å²) in [6.07, 6.45) is 5.26. The molecule has 1 heterocycles. The van der Waals surface area contributed by atoms with E-state index in [2.05, 4.69) is 44.8 Å². The summed E-state index contributed by atoms with van der Waals surface area (Å²) in [5.74, 6) is 0. The zero-order chi connectivity index (χ0) is 11.2. The highest BCUT2D eigenvalue weighted by atomic mass is 79.9. The molecule has 3 heteroatoms. The number of piperidine rings is 1. The normalized spacial score (nSPS) is 20.7. The van der Waals surface area contributed by atoms with Crippen LogP contribution < -0.4 is 10.6 Å². The molecule has 0 bridgehead atoms. The molecular formula is C13H19BrN2. The van der Waals surface area contributed by atoms with E-state index in [9.17, 15) is 0 Å². The quantitative estimate of drug-likeness (QED) is 0.885. The molecule has 1 unspecified atom stereocenters. The molecule has 1 aromatic carbocycles. The van der Waals surface area contributed by atoms with E-state index in [0.29, 0.717) is 6.04 Å². The summed E-state index contributed by atoms with van der Waals surface area (Å²) in [7, 11) is 0. The average molecular weight is 283 g/mol. The number of nitrogens with one attached hydrogen (secondary N) is 2. The van der Waals surface area contributed by atoms with E-state index in [0.717, 1.165) is 11.0 Å². The zero-order valence-corrected chi connectivity index (χ0v) is 11.1. The molecule has 1 aliphatic heterocycles. The summed E-state index contributed by atoms with van der Waals surface area (Å²) in [5.41, 5.74) is 1.19. The fourth-order valence-electron chi connectivity index (χ4n) is 2.16. The van der Waals surface area contributed by atoms with Crippen LogP contribution in [0.1, 0.15) is 25.7 Å². The van der Waals surface area contributed by atoms with Crippen LogP contribution in [-0.2, 0) is 0 Å². The molecule has 2 nitrogen and oxygen atoms in total. The number of anilines is 1. The lowest BCUT2D eigenvalue weighted by Crippen LogP contribution is -2.35. The number of halogens is 1. The molecule has 16 heavy (non-hydrogen) atoms. The highest BCUT2D eigenvalue weighted by molar-refractivity contribution is 9.10. The van der Waals surface area contributed by atoms with Crippen molar-refractivity contribution in [1.29, 1.82) is 0 Å². The Labute approximate surface area is 106 Å². The first-order valence-electron chi connectivity index (χ1n) is 6.08. The van der Waals surface area contributed by atoms with Crippen LogP contribution >= 0.6 is 15.9 Å². The maximum absolute atomic E-state index is 3.57. The highest BCUT2D eigenvalue weighted by Crippen LogP contribution is 2.21. The van der Waals surface area contributed by atoms with E-state index in [1.807, 2.05) is 6.07 Å². The molecule has 0 saturated carbocycles. The Morgan fingerprint density at radius 1 is 1.31 bits per heavy atom. The first-order valence-corrected chi connectivity index (χ1v) is 6.87. The van der Waals surface area contributed by atoms with Gasteiger partial charge >= 0.3 is 0 Å². The molecule has 0 radical (unpaired) electrons. The van der Waals surface area contributed by atoms with Gasteiger partial charge in [-0.25, -0.2) is 0 Å². The van der Waals surface area contributed by atoms with Crippen LogP contribution in [0.15, 0.2) is 28.7 Å². The Kier molecular flexibility index (Phi) is 4.67. The van der Waals surface area contributed by atoms with Gasteiger partial charge in [0.05, 0.1) is 0 Å². The van der Waals surface area contributed by atoms with Crippen LogP contribution in [0, 0.1) is 0 Å². The predicted molar refractivity (Wildman–Crippen MR) is 72.9 cm³/mol. The van der Waals surface area contributed by atoms with Gasteiger partial charge in [0.15, 0.2) is 0 Å². The molecule has 1 fully saturated rings. The largest absolute Gasteiger partial charge is 0.384 e. The fourth-order valence-corrected chi connectivity index (χ4v) is 2.58. The Balaban J connectivity index is 1.73. The van der Waals surface area contributed by atoms with Gasteiger partial charge in [-0.2, -0.15) is 0 Å². The third-order valence-corrected chi connectivity index (χ3v) is 3.79. The molecule has 1 aromatic rings. The van der Waals surface area contributed by atoms with E-state index >= 15 is 0 Å². The molecule has 2 N–H and O–H groups in total. The van der Waals surface area contributed by atoms with Crippen LogP contribution in [0.5, 0.6) is 0 Å². The van der Waals surface area contributed by atoms with Gasteiger partial charge in [-0.3, -0.25) is 0 Å². The molecule has 88 valence electrons. The summed E-state index contributed by atoms with van der Waals surface area (Å²) < 4.78 is 1.15. The van der Waals surface area contributed by atoms with Crippen LogP contribution in [-0.4, -0.2) is 19.1 Å². The highest BCUT2D eigenvalue weighted by Gasteiger charge is 2.11. The topological polar surface area (TPSA) is 24.1 Å². The lowest BCUT2D eigenvalue weighted by atomic mass is 10.0. The van der Waals surface area contributed by atoms with Crippen LogP contribution in [0.2, 0.25) is 0 Å². The van der Waals surface area contributed by atoms with Gasteiger partial charge in [0.2, 0.25) is 0 Å². The minimum atomic E-state index is 0.712. The molecule has 1 aliphatic rings. The van der Waals surface area contributed by atoms with Crippen LogP contribution in [0.3, 0.4) is 0 Å². The lowest BCUT2D eigenvalue weighted by Gasteiger charge is -2.23. The van der Waals surface area contributed by atoms with Crippen molar-refractivity contribution in [3.63, 3.8) is 0 Å². The van der Waals surface area contributed by atoms with Crippen molar-refractivity contribution in [3.05, 3.63) is 28.7 Å². The fraction of sp³-hybridized carbons (Fsp3) is 0.538. The molecule has 0 amide bonds. The van der Waals surface area contributed by atoms with Crippen molar-refractivity contribution in [2.45, 2.75) is 31.7 Å². The Morgan fingerprint density at radius 3 is 2.94 bits per heavy atom. The zero-order valence-electron chi connectivity index (χ0n) is 9.51. The van der Waals surface area contributed by atoms with E-state index in [1.165, 1.54) is 37.9 Å². The van der Waals surface area contributed by atoms with Crippen LogP contribution in [0.4, 0.5) is 5.69 Å². The van der Waals surface area contributed by atoms with Crippen molar-refractivity contribution < 1.29 is 0 Å². The molecule has 0 spiro atoms. The third-order valence-electron chi connectivity index (χ3n) is 3.09. The molecule has 0 aromatic heterocycles. The van der Waals surface area contributed by atoms with Gasteiger partial charge in [-0.05, 0) is 53.9 Å². The lowest BCUT2D eigenvalue weighted by molar-refractivity contribution is 0.389. The molecular weight excluding hydrogens is 264 g/mol. The second-order valence-corrected chi connectivity index (χ2v) is 5.20. The van der Waals surface area contributed by atoms with E-state index in [1.54, 1.807) is 0 Å². The van der Waals surface area contributed by atoms with Gasteiger partial charge in [0.1, 0.15) is 0 Å². The number of rotatable bonds is 4. The first-order chi connectivity index (χ1) is 7.86. The summed E-state index contributed by atoms with van der Waals surface area (Å²) in [6.45, 7) is 2.24. The molecule has 0 aliphatic carbocycles. The average Bonchev–Trinajstić information content (AvgIpc) is 2.33. The van der Waals surface area contributed by atoms with Crippen molar-refractivity contribution in [2.24, 2.45) is 0 Å². The maximum atomic E-state index is 3.57. The van der Waals surface area contributed by atoms with E-state index in [-0.39, 0.29) is 0 Å². The Bertz CT molecular complexity index is 321. The monoisotopic (exact) mass is 282 g/mol. The van der Waals surface area contributed by atoms with Crippen molar-refractivity contribution in [3.8, 4) is 0 Å². The summed E-state index contributed by atoms with van der Waals surface area (Å²) >= 11 is 3.54. The van der Waals surface area contributed by atoms with Crippen molar-refractivity contribution >= 4 is 21.6 Å². The Morgan fingerprint density at radius 2 is 2.19 bits per heavy atom. The summed E-state index contributed by atoms with van der Waals surface area (Å²) in [6, 6.07) is 8.99. The summed E-state index contributed by atoms with van der Waals surface area (Å²) in [4.78, 5) is 0. The van der Waals surface area contributed by atoms with Gasteiger partial charge in [-0.1, -0.05) is 18.6 Å². The number of hydrogen-bond acceptors (Lipinski definition) is 2. The minimum Gasteiger partial charge on any atom is -0.384 e.